The van der Waals surface area contributed by atoms with E-state index in [1.807, 2.05) is 29.2 Å². The SMILES string of the molecule is CC1(C)CC(=O)C2=C(C1)Nc1ccccc1N(CC(=O)NC1CC1)C2c1ccccc1F. The molecule has 5 rings (SSSR count). The highest BCUT2D eigenvalue weighted by Crippen LogP contribution is 2.48. The highest BCUT2D eigenvalue weighted by Gasteiger charge is 2.42. The van der Waals surface area contributed by atoms with Gasteiger partial charge in [0.15, 0.2) is 5.78 Å². The zero-order valence-corrected chi connectivity index (χ0v) is 18.5. The average Bonchev–Trinajstić information content (AvgIpc) is 3.54. The van der Waals surface area contributed by atoms with E-state index >= 15 is 4.39 Å². The predicted octanol–water partition coefficient (Wildman–Crippen LogP) is 4.72. The molecule has 1 aliphatic heterocycles. The van der Waals surface area contributed by atoms with Crippen LogP contribution in [0.15, 0.2) is 59.8 Å². The topological polar surface area (TPSA) is 61.4 Å². The van der Waals surface area contributed by atoms with E-state index in [1.54, 1.807) is 18.2 Å². The first-order valence-corrected chi connectivity index (χ1v) is 11.3. The highest BCUT2D eigenvalue weighted by atomic mass is 19.1. The van der Waals surface area contributed by atoms with Gasteiger partial charge in [0.25, 0.3) is 0 Å². The number of Topliss-reactive ketones (excluding diaryl/α,β-unsaturated/α-hetero) is 1. The summed E-state index contributed by atoms with van der Waals surface area (Å²) in [7, 11) is 0. The third kappa shape index (κ3) is 3.90. The Labute approximate surface area is 187 Å². The zero-order valence-electron chi connectivity index (χ0n) is 18.5. The van der Waals surface area contributed by atoms with E-state index < -0.39 is 6.04 Å². The first kappa shape index (κ1) is 20.7. The lowest BCUT2D eigenvalue weighted by atomic mass is 9.73. The number of allylic oxidation sites excluding steroid dienone is 1. The molecule has 0 bridgehead atoms. The highest BCUT2D eigenvalue weighted by molar-refractivity contribution is 6.01. The number of rotatable bonds is 4. The van der Waals surface area contributed by atoms with Gasteiger partial charge in [0.05, 0.1) is 24.0 Å². The number of carbonyl (C=O) groups excluding carboxylic acids is 2. The Morgan fingerprint density at radius 1 is 1.12 bits per heavy atom. The van der Waals surface area contributed by atoms with E-state index in [0.717, 1.165) is 29.9 Å². The van der Waals surface area contributed by atoms with Gasteiger partial charge in [-0.3, -0.25) is 9.59 Å². The average molecular weight is 434 g/mol. The van der Waals surface area contributed by atoms with Crippen LogP contribution in [0.3, 0.4) is 0 Å². The molecule has 2 N–H and O–H groups in total. The third-order valence-electron chi connectivity index (χ3n) is 6.46. The van der Waals surface area contributed by atoms with Crippen LogP contribution in [0, 0.1) is 11.2 Å². The van der Waals surface area contributed by atoms with Crippen LogP contribution in [0.5, 0.6) is 0 Å². The molecule has 166 valence electrons. The van der Waals surface area contributed by atoms with Gasteiger partial charge >= 0.3 is 0 Å². The molecule has 0 spiro atoms. The molecule has 1 unspecified atom stereocenters. The smallest absolute Gasteiger partial charge is 0.239 e. The molecule has 1 amide bonds. The van der Waals surface area contributed by atoms with Crippen molar-refractivity contribution in [2.24, 2.45) is 5.41 Å². The van der Waals surface area contributed by atoms with Gasteiger partial charge in [0.1, 0.15) is 5.82 Å². The van der Waals surface area contributed by atoms with Crippen molar-refractivity contribution in [2.75, 3.05) is 16.8 Å². The lowest BCUT2D eigenvalue weighted by molar-refractivity contribution is -0.120. The lowest BCUT2D eigenvalue weighted by Gasteiger charge is -2.38. The summed E-state index contributed by atoms with van der Waals surface area (Å²) in [6.07, 6.45) is 3.04. The number of ketones is 1. The Morgan fingerprint density at radius 3 is 2.59 bits per heavy atom. The number of nitrogens with zero attached hydrogens (tertiary/aromatic N) is 1. The van der Waals surface area contributed by atoms with Crippen molar-refractivity contribution in [1.29, 1.82) is 0 Å². The molecule has 5 nitrogen and oxygen atoms in total. The van der Waals surface area contributed by atoms with Crippen molar-refractivity contribution in [1.82, 2.24) is 5.32 Å². The molecule has 3 aliphatic rings. The predicted molar refractivity (Wildman–Crippen MR) is 123 cm³/mol. The summed E-state index contributed by atoms with van der Waals surface area (Å²) < 4.78 is 15.2. The Morgan fingerprint density at radius 2 is 1.84 bits per heavy atom. The van der Waals surface area contributed by atoms with Gasteiger partial charge in [-0.25, -0.2) is 4.39 Å². The maximum absolute atomic E-state index is 15.2. The molecule has 0 saturated heterocycles. The second kappa shape index (κ2) is 7.76. The summed E-state index contributed by atoms with van der Waals surface area (Å²) in [5.41, 5.74) is 3.19. The van der Waals surface area contributed by atoms with Crippen molar-refractivity contribution >= 4 is 23.1 Å². The number of nitrogens with one attached hydrogen (secondary N) is 2. The molecule has 6 heteroatoms. The van der Waals surface area contributed by atoms with Gasteiger partial charge in [-0.05, 0) is 42.9 Å². The summed E-state index contributed by atoms with van der Waals surface area (Å²) in [4.78, 5) is 28.3. The number of benzene rings is 2. The van der Waals surface area contributed by atoms with Gasteiger partial charge < -0.3 is 15.5 Å². The molecule has 1 atom stereocenters. The van der Waals surface area contributed by atoms with Crippen LogP contribution in [0.1, 0.15) is 51.1 Å². The van der Waals surface area contributed by atoms with E-state index in [9.17, 15) is 9.59 Å². The summed E-state index contributed by atoms with van der Waals surface area (Å²) in [5, 5.41) is 6.53. The van der Waals surface area contributed by atoms with E-state index in [1.165, 1.54) is 6.07 Å². The zero-order chi connectivity index (χ0) is 22.5. The van der Waals surface area contributed by atoms with Crippen LogP contribution >= 0.6 is 0 Å². The fraction of sp³-hybridized carbons (Fsp3) is 0.385. The number of hydrogen-bond acceptors (Lipinski definition) is 4. The number of amides is 1. The largest absolute Gasteiger partial charge is 0.357 e. The number of fused-ring (bicyclic) bond motifs is 1. The Bertz CT molecular complexity index is 1120. The van der Waals surface area contributed by atoms with Gasteiger partial charge in [0.2, 0.25) is 5.91 Å². The molecular formula is C26H28FN3O2. The van der Waals surface area contributed by atoms with Crippen molar-refractivity contribution in [3.63, 3.8) is 0 Å². The first-order valence-electron chi connectivity index (χ1n) is 11.3. The fourth-order valence-corrected chi connectivity index (χ4v) is 4.90. The van der Waals surface area contributed by atoms with Crippen LogP contribution in [0.4, 0.5) is 15.8 Å². The molecule has 1 fully saturated rings. The standard InChI is InChI=1S/C26H28FN3O2/c1-26(2)13-20-24(22(31)14-26)25(17-7-3-4-8-18(17)27)30(15-23(32)28-16-11-12-16)21-10-6-5-9-19(21)29-20/h3-10,16,25,29H,11-15H2,1-2H3,(H,28,32). The van der Waals surface area contributed by atoms with Crippen molar-refractivity contribution in [2.45, 2.75) is 51.6 Å². The van der Waals surface area contributed by atoms with Crippen LogP contribution in [-0.2, 0) is 9.59 Å². The minimum absolute atomic E-state index is 0.00240. The maximum atomic E-state index is 15.2. The van der Waals surface area contributed by atoms with Crippen LogP contribution in [-0.4, -0.2) is 24.3 Å². The minimum atomic E-state index is -0.684. The Balaban J connectivity index is 1.69. The third-order valence-corrected chi connectivity index (χ3v) is 6.46. The van der Waals surface area contributed by atoms with Gasteiger partial charge in [-0.15, -0.1) is 0 Å². The van der Waals surface area contributed by atoms with E-state index in [0.29, 0.717) is 24.0 Å². The molecular weight excluding hydrogens is 405 g/mol. The number of halogens is 1. The van der Waals surface area contributed by atoms with Crippen LogP contribution in [0.25, 0.3) is 0 Å². The molecule has 0 radical (unpaired) electrons. The summed E-state index contributed by atoms with van der Waals surface area (Å²) >= 11 is 0. The number of anilines is 2. The second-order valence-electron chi connectivity index (χ2n) is 9.87. The molecule has 1 heterocycles. The summed E-state index contributed by atoms with van der Waals surface area (Å²) in [6.45, 7) is 4.19. The second-order valence-corrected chi connectivity index (χ2v) is 9.87. The van der Waals surface area contributed by atoms with Gasteiger partial charge in [0, 0.05) is 29.3 Å². The van der Waals surface area contributed by atoms with Crippen molar-refractivity contribution < 1.29 is 14.0 Å². The van der Waals surface area contributed by atoms with E-state index in [4.69, 9.17) is 0 Å². The van der Waals surface area contributed by atoms with E-state index in [2.05, 4.69) is 24.5 Å². The molecule has 2 aromatic carbocycles. The monoisotopic (exact) mass is 433 g/mol. The molecule has 32 heavy (non-hydrogen) atoms. The van der Waals surface area contributed by atoms with Crippen molar-refractivity contribution in [3.8, 4) is 0 Å². The lowest BCUT2D eigenvalue weighted by Crippen LogP contribution is -2.42. The Kier molecular flexibility index (Phi) is 5.03. The normalized spacial score (nSPS) is 21.9. The van der Waals surface area contributed by atoms with Gasteiger partial charge in [-0.2, -0.15) is 0 Å². The van der Waals surface area contributed by atoms with Crippen LogP contribution < -0.4 is 15.5 Å². The number of carbonyl (C=O) groups is 2. The molecule has 2 aliphatic carbocycles. The first-order chi connectivity index (χ1) is 15.3. The number of hydrogen-bond donors (Lipinski definition) is 2. The fourth-order valence-electron chi connectivity index (χ4n) is 4.90. The minimum Gasteiger partial charge on any atom is -0.357 e. The maximum Gasteiger partial charge on any atom is 0.239 e. The molecule has 0 aromatic heterocycles. The van der Waals surface area contributed by atoms with Crippen molar-refractivity contribution in [3.05, 3.63) is 71.2 Å². The van der Waals surface area contributed by atoms with Crippen LogP contribution in [0.2, 0.25) is 0 Å². The molecule has 2 aromatic rings. The summed E-state index contributed by atoms with van der Waals surface area (Å²) in [5.74, 6) is -0.498. The Hall–Kier alpha value is -3.15. The summed E-state index contributed by atoms with van der Waals surface area (Å²) in [6, 6.07) is 13.8. The van der Waals surface area contributed by atoms with E-state index in [-0.39, 0.29) is 35.5 Å². The number of para-hydroxylation sites is 2. The molecule has 1 saturated carbocycles. The quantitative estimate of drug-likeness (QED) is 0.732. The van der Waals surface area contributed by atoms with Gasteiger partial charge in [-0.1, -0.05) is 44.2 Å².